The van der Waals surface area contributed by atoms with Crippen LogP contribution in [0.2, 0.25) is 0 Å². The highest BCUT2D eigenvalue weighted by molar-refractivity contribution is 5.98. The Kier molecular flexibility index (Phi) is 4.55. The Morgan fingerprint density at radius 1 is 1.14 bits per heavy atom. The van der Waals surface area contributed by atoms with Gasteiger partial charge in [-0.25, -0.2) is 0 Å². The lowest BCUT2D eigenvalue weighted by molar-refractivity contribution is -0.137. The maximum Gasteiger partial charge on any atom is 0.416 e. The van der Waals surface area contributed by atoms with Crippen molar-refractivity contribution in [2.45, 2.75) is 50.2 Å². The topological polar surface area (TPSA) is 29.5 Å². The number of ketones is 1. The van der Waals surface area contributed by atoms with Gasteiger partial charge in [-0.1, -0.05) is 6.07 Å². The summed E-state index contributed by atoms with van der Waals surface area (Å²) in [7, 11) is 0. The fourth-order valence-corrected chi connectivity index (χ4v) is 5.24. The zero-order chi connectivity index (χ0) is 19.5. The standard InChI is InChI=1S/C22H26F3NO2/c23-22(24,25)17-3-4-18(19(9-17)13-1-2-13)21(27)8-16-12-28-6-5-20(16)26-10-14-7-15(14)11-26/h3-4,9,13-16,20H,1-2,5-8,10-12H2/t14-,15+,16-,20-/m1/s1. The van der Waals surface area contributed by atoms with E-state index in [0.717, 1.165) is 56.9 Å². The summed E-state index contributed by atoms with van der Waals surface area (Å²) in [6, 6.07) is 4.03. The molecule has 0 amide bonds. The molecule has 0 aromatic heterocycles. The summed E-state index contributed by atoms with van der Waals surface area (Å²) in [5, 5.41) is 0. The monoisotopic (exact) mass is 393 g/mol. The van der Waals surface area contributed by atoms with Gasteiger partial charge in [0.05, 0.1) is 12.2 Å². The minimum Gasteiger partial charge on any atom is -0.381 e. The average molecular weight is 393 g/mol. The molecule has 3 nitrogen and oxygen atoms in total. The van der Waals surface area contributed by atoms with Gasteiger partial charge in [0.1, 0.15) is 0 Å². The lowest BCUT2D eigenvalue weighted by atomic mass is 9.86. The van der Waals surface area contributed by atoms with Gasteiger partial charge in [0.2, 0.25) is 0 Å². The summed E-state index contributed by atoms with van der Waals surface area (Å²) in [6.45, 7) is 3.57. The molecule has 0 N–H and O–H groups in total. The van der Waals surface area contributed by atoms with E-state index in [9.17, 15) is 18.0 Å². The van der Waals surface area contributed by atoms with E-state index in [1.807, 2.05) is 0 Å². The summed E-state index contributed by atoms with van der Waals surface area (Å²) < 4.78 is 45.0. The molecule has 152 valence electrons. The first kappa shape index (κ1) is 18.6. The van der Waals surface area contributed by atoms with E-state index in [1.165, 1.54) is 18.6 Å². The fourth-order valence-electron chi connectivity index (χ4n) is 5.24. The van der Waals surface area contributed by atoms with Crippen LogP contribution in [0.25, 0.3) is 0 Å². The Bertz CT molecular complexity index is 764. The first-order valence-electron chi connectivity index (χ1n) is 10.5. The van der Waals surface area contributed by atoms with Crippen molar-refractivity contribution < 1.29 is 22.7 Å². The lowest BCUT2D eigenvalue weighted by Gasteiger charge is -2.38. The number of piperidine rings is 1. The molecule has 2 aliphatic carbocycles. The Labute approximate surface area is 163 Å². The third-order valence-corrected chi connectivity index (χ3v) is 7.05. The molecule has 1 aromatic carbocycles. The molecule has 0 spiro atoms. The Hall–Kier alpha value is -1.40. The van der Waals surface area contributed by atoms with Crippen molar-refractivity contribution in [3.8, 4) is 0 Å². The SMILES string of the molecule is O=C(C[C@@H]1COCC[C@H]1N1C[C@H]2C[C@H]2C1)c1ccc(C(F)(F)F)cc1C1CC1. The van der Waals surface area contributed by atoms with Gasteiger partial charge in [-0.15, -0.1) is 0 Å². The summed E-state index contributed by atoms with van der Waals surface area (Å²) in [5.74, 6) is 1.89. The van der Waals surface area contributed by atoms with Crippen molar-refractivity contribution in [2.24, 2.45) is 17.8 Å². The first-order chi connectivity index (χ1) is 13.4. The largest absolute Gasteiger partial charge is 0.416 e. The van der Waals surface area contributed by atoms with E-state index < -0.39 is 11.7 Å². The van der Waals surface area contributed by atoms with Crippen molar-refractivity contribution in [3.05, 3.63) is 34.9 Å². The molecule has 0 unspecified atom stereocenters. The number of carbonyl (C=O) groups excluding carboxylic acids is 1. The van der Waals surface area contributed by atoms with Crippen molar-refractivity contribution in [1.29, 1.82) is 0 Å². The van der Waals surface area contributed by atoms with Gasteiger partial charge in [-0.2, -0.15) is 13.2 Å². The highest BCUT2D eigenvalue weighted by atomic mass is 19.4. The highest BCUT2D eigenvalue weighted by Crippen LogP contribution is 2.47. The molecule has 4 aliphatic rings. The predicted molar refractivity (Wildman–Crippen MR) is 98.3 cm³/mol. The smallest absolute Gasteiger partial charge is 0.381 e. The summed E-state index contributed by atoms with van der Waals surface area (Å²) in [6.07, 6.45) is 0.0197. The Morgan fingerprint density at radius 2 is 1.89 bits per heavy atom. The van der Waals surface area contributed by atoms with Crippen molar-refractivity contribution >= 4 is 5.78 Å². The molecule has 4 atom stereocenters. The fraction of sp³-hybridized carbons (Fsp3) is 0.682. The maximum absolute atomic E-state index is 13.1. The second kappa shape index (κ2) is 6.84. The Morgan fingerprint density at radius 3 is 2.57 bits per heavy atom. The molecule has 1 aromatic rings. The second-order valence-corrected chi connectivity index (χ2v) is 9.10. The number of fused-ring (bicyclic) bond motifs is 1. The molecule has 2 heterocycles. The molecule has 28 heavy (non-hydrogen) atoms. The van der Waals surface area contributed by atoms with Gasteiger partial charge in [0, 0.05) is 43.6 Å². The van der Waals surface area contributed by atoms with Gasteiger partial charge in [0.25, 0.3) is 0 Å². The molecule has 2 saturated heterocycles. The van der Waals surface area contributed by atoms with E-state index in [1.54, 1.807) is 0 Å². The van der Waals surface area contributed by atoms with E-state index in [4.69, 9.17) is 4.74 Å². The molecule has 5 rings (SSSR count). The number of hydrogen-bond acceptors (Lipinski definition) is 3. The van der Waals surface area contributed by atoms with Crippen LogP contribution in [0.3, 0.4) is 0 Å². The molecule has 0 bridgehead atoms. The minimum atomic E-state index is -4.37. The Balaban J connectivity index is 1.34. The van der Waals surface area contributed by atoms with Crippen LogP contribution >= 0.6 is 0 Å². The van der Waals surface area contributed by atoms with Crippen molar-refractivity contribution in [1.82, 2.24) is 4.90 Å². The van der Waals surface area contributed by atoms with Gasteiger partial charge < -0.3 is 4.74 Å². The normalized spacial score (nSPS) is 33.0. The van der Waals surface area contributed by atoms with E-state index in [-0.39, 0.29) is 17.6 Å². The molecule has 0 radical (unpaired) electrons. The van der Waals surface area contributed by atoms with Gasteiger partial charge in [-0.05, 0) is 61.1 Å². The van der Waals surface area contributed by atoms with Crippen LogP contribution in [-0.2, 0) is 10.9 Å². The van der Waals surface area contributed by atoms with Gasteiger partial charge in [0.15, 0.2) is 5.78 Å². The lowest BCUT2D eigenvalue weighted by Crippen LogP contribution is -2.46. The molecule has 4 fully saturated rings. The molecule has 2 saturated carbocycles. The number of likely N-dealkylation sites (tertiary alicyclic amines) is 1. The third-order valence-electron chi connectivity index (χ3n) is 7.05. The number of benzene rings is 1. The van der Waals surface area contributed by atoms with Gasteiger partial charge >= 0.3 is 6.18 Å². The third kappa shape index (κ3) is 3.61. The molecular weight excluding hydrogens is 367 g/mol. The minimum absolute atomic E-state index is 0.0273. The van der Waals surface area contributed by atoms with Crippen LogP contribution in [0.4, 0.5) is 13.2 Å². The molecular formula is C22H26F3NO2. The number of nitrogens with zero attached hydrogens (tertiary/aromatic N) is 1. The van der Waals surface area contributed by atoms with E-state index in [2.05, 4.69) is 4.90 Å². The number of halogens is 3. The summed E-state index contributed by atoms with van der Waals surface area (Å²) >= 11 is 0. The van der Waals surface area contributed by atoms with Crippen molar-refractivity contribution in [3.63, 3.8) is 0 Å². The van der Waals surface area contributed by atoms with Crippen LogP contribution in [-0.4, -0.2) is 43.0 Å². The average Bonchev–Trinajstić information content (AvgIpc) is 3.60. The number of carbonyl (C=O) groups is 1. The summed E-state index contributed by atoms with van der Waals surface area (Å²) in [5.41, 5.74) is 0.431. The summed E-state index contributed by atoms with van der Waals surface area (Å²) in [4.78, 5) is 15.6. The van der Waals surface area contributed by atoms with E-state index >= 15 is 0 Å². The van der Waals surface area contributed by atoms with Crippen LogP contribution in [0, 0.1) is 17.8 Å². The number of Topliss-reactive ketones (excluding diaryl/α,β-unsaturated/α-hetero) is 1. The first-order valence-corrected chi connectivity index (χ1v) is 10.5. The predicted octanol–water partition coefficient (Wildman–Crippen LogP) is 4.51. The molecule has 6 heteroatoms. The van der Waals surface area contributed by atoms with Crippen molar-refractivity contribution in [2.75, 3.05) is 26.3 Å². The zero-order valence-electron chi connectivity index (χ0n) is 15.9. The van der Waals surface area contributed by atoms with Crippen LogP contribution < -0.4 is 0 Å². The number of alkyl halides is 3. The van der Waals surface area contributed by atoms with Gasteiger partial charge in [-0.3, -0.25) is 9.69 Å². The van der Waals surface area contributed by atoms with Crippen LogP contribution in [0.1, 0.15) is 59.5 Å². The number of rotatable bonds is 5. The van der Waals surface area contributed by atoms with E-state index in [0.29, 0.717) is 30.2 Å². The second-order valence-electron chi connectivity index (χ2n) is 9.10. The number of ether oxygens (including phenoxy) is 1. The van der Waals surface area contributed by atoms with Crippen LogP contribution in [0.5, 0.6) is 0 Å². The quantitative estimate of drug-likeness (QED) is 0.690. The zero-order valence-corrected chi connectivity index (χ0v) is 15.9. The molecule has 2 aliphatic heterocycles. The maximum atomic E-state index is 13.1. The highest BCUT2D eigenvalue weighted by Gasteiger charge is 2.48. The van der Waals surface area contributed by atoms with Crippen LogP contribution in [0.15, 0.2) is 18.2 Å². The number of hydrogen-bond donors (Lipinski definition) is 0.